The number of nitrogens with zero attached hydrogens (tertiary/aromatic N) is 1. The van der Waals surface area contributed by atoms with Crippen LogP contribution in [0.3, 0.4) is 0 Å². The third kappa shape index (κ3) is 7.05. The first kappa shape index (κ1) is 18.1. The number of aromatic nitrogens is 1. The van der Waals surface area contributed by atoms with Crippen LogP contribution in [0.15, 0.2) is 5.38 Å². The fraction of sp³-hybridized carbons (Fsp3) is 0.750. The third-order valence-corrected chi connectivity index (χ3v) is 4.53. The van der Waals surface area contributed by atoms with E-state index >= 15 is 0 Å². The molecular formula is C16H28N2O2S. The first-order chi connectivity index (χ1) is 9.69. The lowest BCUT2D eigenvalue weighted by atomic mass is 9.95. The molecule has 1 aromatic rings. The maximum Gasteiger partial charge on any atom is 0.226 e. The van der Waals surface area contributed by atoms with Gasteiger partial charge in [-0.1, -0.05) is 27.7 Å². The van der Waals surface area contributed by atoms with Crippen molar-refractivity contribution in [3.05, 3.63) is 16.1 Å². The SMILES string of the molecule is CC(C)CCC(C)(O)CNC(=O)Cc1csc(C(C)C)n1. The number of hydrogen-bond donors (Lipinski definition) is 2. The van der Waals surface area contributed by atoms with Gasteiger partial charge in [-0.2, -0.15) is 0 Å². The molecule has 0 bridgehead atoms. The van der Waals surface area contributed by atoms with Crippen LogP contribution in [0.5, 0.6) is 0 Å². The summed E-state index contributed by atoms with van der Waals surface area (Å²) in [5.41, 5.74) is -0.0338. The highest BCUT2D eigenvalue weighted by atomic mass is 32.1. The van der Waals surface area contributed by atoms with Crippen LogP contribution in [-0.4, -0.2) is 28.1 Å². The van der Waals surface area contributed by atoms with Crippen LogP contribution < -0.4 is 5.32 Å². The van der Waals surface area contributed by atoms with Gasteiger partial charge in [0.1, 0.15) is 0 Å². The van der Waals surface area contributed by atoms with E-state index in [1.807, 2.05) is 5.38 Å². The Kier molecular flexibility index (Phi) is 6.81. The van der Waals surface area contributed by atoms with Crippen molar-refractivity contribution in [1.82, 2.24) is 10.3 Å². The molecule has 1 amide bonds. The molecule has 0 aromatic carbocycles. The van der Waals surface area contributed by atoms with E-state index in [0.717, 1.165) is 17.1 Å². The zero-order valence-corrected chi connectivity index (χ0v) is 14.6. The molecule has 1 rings (SSSR count). The Hall–Kier alpha value is -0.940. The number of aliphatic hydroxyl groups is 1. The maximum atomic E-state index is 11.9. The van der Waals surface area contributed by atoms with Gasteiger partial charge >= 0.3 is 0 Å². The molecule has 21 heavy (non-hydrogen) atoms. The molecule has 0 fully saturated rings. The van der Waals surface area contributed by atoms with Crippen molar-refractivity contribution in [2.24, 2.45) is 5.92 Å². The second-order valence-electron chi connectivity index (χ2n) is 6.71. The average Bonchev–Trinajstić information content (AvgIpc) is 2.83. The van der Waals surface area contributed by atoms with Crippen LogP contribution >= 0.6 is 11.3 Å². The van der Waals surface area contributed by atoms with Gasteiger partial charge in [-0.15, -0.1) is 11.3 Å². The maximum absolute atomic E-state index is 11.9. The van der Waals surface area contributed by atoms with Crippen molar-refractivity contribution in [3.63, 3.8) is 0 Å². The number of nitrogens with one attached hydrogen (secondary N) is 1. The largest absolute Gasteiger partial charge is 0.388 e. The Labute approximate surface area is 132 Å². The highest BCUT2D eigenvalue weighted by Gasteiger charge is 2.21. The summed E-state index contributed by atoms with van der Waals surface area (Å²) in [4.78, 5) is 16.4. The topological polar surface area (TPSA) is 62.2 Å². The molecule has 0 aliphatic carbocycles. The monoisotopic (exact) mass is 312 g/mol. The van der Waals surface area contributed by atoms with Gasteiger partial charge in [0.05, 0.1) is 22.7 Å². The van der Waals surface area contributed by atoms with Gasteiger partial charge in [-0.05, 0) is 25.7 Å². The number of thiazole rings is 1. The molecule has 0 spiro atoms. The van der Waals surface area contributed by atoms with Gasteiger partial charge in [0.2, 0.25) is 5.91 Å². The zero-order chi connectivity index (χ0) is 16.0. The van der Waals surface area contributed by atoms with E-state index in [-0.39, 0.29) is 12.3 Å². The summed E-state index contributed by atoms with van der Waals surface area (Å²) in [6.07, 6.45) is 1.93. The summed E-state index contributed by atoms with van der Waals surface area (Å²) < 4.78 is 0. The minimum atomic E-state index is -0.842. The van der Waals surface area contributed by atoms with Crippen LogP contribution in [0, 0.1) is 5.92 Å². The normalized spacial score (nSPS) is 14.5. The third-order valence-electron chi connectivity index (χ3n) is 3.33. The molecule has 0 radical (unpaired) electrons. The second kappa shape index (κ2) is 7.90. The van der Waals surface area contributed by atoms with Gasteiger partial charge in [-0.25, -0.2) is 4.98 Å². The number of carbonyl (C=O) groups is 1. The highest BCUT2D eigenvalue weighted by molar-refractivity contribution is 7.09. The van der Waals surface area contributed by atoms with E-state index < -0.39 is 5.60 Å². The van der Waals surface area contributed by atoms with Crippen LogP contribution in [0.25, 0.3) is 0 Å². The molecule has 0 saturated heterocycles. The quantitative estimate of drug-likeness (QED) is 0.775. The molecular weight excluding hydrogens is 284 g/mol. The van der Waals surface area contributed by atoms with E-state index in [4.69, 9.17) is 0 Å². The van der Waals surface area contributed by atoms with E-state index in [1.54, 1.807) is 18.3 Å². The lowest BCUT2D eigenvalue weighted by Gasteiger charge is -2.24. The highest BCUT2D eigenvalue weighted by Crippen LogP contribution is 2.19. The summed E-state index contributed by atoms with van der Waals surface area (Å²) in [5.74, 6) is 0.862. The summed E-state index contributed by atoms with van der Waals surface area (Å²) in [5, 5.41) is 16.0. The second-order valence-corrected chi connectivity index (χ2v) is 7.60. The number of amides is 1. The van der Waals surface area contributed by atoms with E-state index in [2.05, 4.69) is 38.0 Å². The molecule has 1 aromatic heterocycles. The predicted octanol–water partition coefficient (Wildman–Crippen LogP) is 3.11. The molecule has 2 N–H and O–H groups in total. The lowest BCUT2D eigenvalue weighted by molar-refractivity contribution is -0.121. The van der Waals surface area contributed by atoms with Gasteiger partial charge in [0.25, 0.3) is 0 Å². The summed E-state index contributed by atoms with van der Waals surface area (Å²) in [6.45, 7) is 10.5. The Morgan fingerprint density at radius 3 is 2.62 bits per heavy atom. The van der Waals surface area contributed by atoms with E-state index in [0.29, 0.717) is 24.8 Å². The van der Waals surface area contributed by atoms with Crippen molar-refractivity contribution in [1.29, 1.82) is 0 Å². The van der Waals surface area contributed by atoms with Gasteiger partial charge in [0, 0.05) is 17.8 Å². The molecule has 5 heteroatoms. The van der Waals surface area contributed by atoms with E-state index in [1.165, 1.54) is 0 Å². The smallest absolute Gasteiger partial charge is 0.226 e. The Morgan fingerprint density at radius 1 is 1.43 bits per heavy atom. The molecule has 1 atom stereocenters. The minimum absolute atomic E-state index is 0.0829. The summed E-state index contributed by atoms with van der Waals surface area (Å²) in [6, 6.07) is 0. The Bertz CT molecular complexity index is 453. The van der Waals surface area contributed by atoms with Gasteiger partial charge in [-0.3, -0.25) is 4.79 Å². The first-order valence-electron chi connectivity index (χ1n) is 7.63. The van der Waals surface area contributed by atoms with Crippen molar-refractivity contribution in [3.8, 4) is 0 Å². The minimum Gasteiger partial charge on any atom is -0.388 e. The van der Waals surface area contributed by atoms with Gasteiger partial charge in [0.15, 0.2) is 0 Å². The van der Waals surface area contributed by atoms with Crippen molar-refractivity contribution < 1.29 is 9.90 Å². The van der Waals surface area contributed by atoms with Crippen LogP contribution in [0.2, 0.25) is 0 Å². The summed E-state index contributed by atoms with van der Waals surface area (Å²) >= 11 is 1.59. The fourth-order valence-corrected chi connectivity index (χ4v) is 2.71. The van der Waals surface area contributed by atoms with Gasteiger partial charge < -0.3 is 10.4 Å². The first-order valence-corrected chi connectivity index (χ1v) is 8.51. The number of rotatable bonds is 8. The zero-order valence-electron chi connectivity index (χ0n) is 13.8. The standard InChI is InChI=1S/C16H28N2O2S/c1-11(2)6-7-16(5,20)10-17-14(19)8-13-9-21-15(18-13)12(3)4/h9,11-12,20H,6-8,10H2,1-5H3,(H,17,19). The lowest BCUT2D eigenvalue weighted by Crippen LogP contribution is -2.41. The molecule has 4 nitrogen and oxygen atoms in total. The molecule has 1 unspecified atom stereocenters. The summed E-state index contributed by atoms with van der Waals surface area (Å²) in [7, 11) is 0. The molecule has 0 saturated carbocycles. The fourth-order valence-electron chi connectivity index (χ4n) is 1.87. The van der Waals surface area contributed by atoms with Crippen LogP contribution in [0.1, 0.15) is 64.1 Å². The molecule has 0 aliphatic rings. The Balaban J connectivity index is 2.39. The molecule has 120 valence electrons. The number of carbonyl (C=O) groups excluding carboxylic acids is 1. The Morgan fingerprint density at radius 2 is 2.10 bits per heavy atom. The van der Waals surface area contributed by atoms with Crippen molar-refractivity contribution in [2.45, 2.75) is 65.4 Å². The van der Waals surface area contributed by atoms with Crippen LogP contribution in [0.4, 0.5) is 0 Å². The van der Waals surface area contributed by atoms with E-state index in [9.17, 15) is 9.90 Å². The predicted molar refractivity (Wildman–Crippen MR) is 87.6 cm³/mol. The number of hydrogen-bond acceptors (Lipinski definition) is 4. The molecule has 0 aliphatic heterocycles. The molecule has 1 heterocycles. The van der Waals surface area contributed by atoms with Crippen molar-refractivity contribution >= 4 is 17.2 Å². The average molecular weight is 312 g/mol. The van der Waals surface area contributed by atoms with Crippen LogP contribution in [-0.2, 0) is 11.2 Å². The van der Waals surface area contributed by atoms with Crippen molar-refractivity contribution in [2.75, 3.05) is 6.54 Å².